The topological polar surface area (TPSA) is 49.6 Å². The highest BCUT2D eigenvalue weighted by Crippen LogP contribution is 2.45. The number of fused-ring (bicyclic) bond motifs is 1. The summed E-state index contributed by atoms with van der Waals surface area (Å²) in [5.74, 6) is 0.179. The SMILES string of the molecule is CN(C)CCCN1C(=O)C(C)(C)Sc2cc(N)ccc21. The molecule has 0 saturated heterocycles. The third kappa shape index (κ3) is 3.10. The number of hydrogen-bond acceptors (Lipinski definition) is 4. The molecule has 1 aromatic carbocycles. The Bertz CT molecular complexity index is 514. The number of nitrogens with two attached hydrogens (primary N) is 1. The van der Waals surface area contributed by atoms with E-state index in [0.29, 0.717) is 0 Å². The lowest BCUT2D eigenvalue weighted by atomic mass is 10.1. The highest BCUT2D eigenvalue weighted by atomic mass is 32.2. The van der Waals surface area contributed by atoms with Crippen LogP contribution in [0.3, 0.4) is 0 Å². The first-order valence-corrected chi connectivity index (χ1v) is 7.68. The van der Waals surface area contributed by atoms with Crippen LogP contribution in [-0.4, -0.2) is 42.7 Å². The summed E-state index contributed by atoms with van der Waals surface area (Å²) in [5, 5.41) is 0. The van der Waals surface area contributed by atoms with E-state index in [0.717, 1.165) is 35.8 Å². The zero-order valence-electron chi connectivity index (χ0n) is 12.6. The molecular weight excluding hydrogens is 270 g/mol. The Kier molecular flexibility index (Phi) is 4.30. The summed E-state index contributed by atoms with van der Waals surface area (Å²) in [5.41, 5.74) is 7.60. The summed E-state index contributed by atoms with van der Waals surface area (Å²) in [6, 6.07) is 5.79. The van der Waals surface area contributed by atoms with Crippen molar-refractivity contribution in [2.24, 2.45) is 0 Å². The molecule has 1 aromatic rings. The van der Waals surface area contributed by atoms with Crippen molar-refractivity contribution in [2.75, 3.05) is 37.8 Å². The number of benzene rings is 1. The molecule has 0 radical (unpaired) electrons. The number of carbonyl (C=O) groups is 1. The summed E-state index contributed by atoms with van der Waals surface area (Å²) >= 11 is 1.60. The average Bonchev–Trinajstić information content (AvgIpc) is 2.33. The predicted octanol–water partition coefficient (Wildman–Crippen LogP) is 2.44. The molecule has 0 fully saturated rings. The van der Waals surface area contributed by atoms with Crippen molar-refractivity contribution in [2.45, 2.75) is 29.9 Å². The van der Waals surface area contributed by atoms with Gasteiger partial charge in [0, 0.05) is 17.1 Å². The molecule has 110 valence electrons. The first-order valence-electron chi connectivity index (χ1n) is 6.86. The van der Waals surface area contributed by atoms with E-state index < -0.39 is 4.75 Å². The summed E-state index contributed by atoms with van der Waals surface area (Å²) in [4.78, 5) is 17.8. The van der Waals surface area contributed by atoms with Crippen LogP contribution in [0.1, 0.15) is 20.3 Å². The molecule has 20 heavy (non-hydrogen) atoms. The maximum atomic E-state index is 12.6. The molecule has 0 unspecified atom stereocenters. The largest absolute Gasteiger partial charge is 0.399 e. The molecule has 1 amide bonds. The van der Waals surface area contributed by atoms with Crippen LogP contribution < -0.4 is 10.6 Å². The lowest BCUT2D eigenvalue weighted by Crippen LogP contribution is -2.47. The molecule has 0 aliphatic carbocycles. The zero-order chi connectivity index (χ0) is 14.9. The van der Waals surface area contributed by atoms with Gasteiger partial charge in [0.2, 0.25) is 5.91 Å². The van der Waals surface area contributed by atoms with Crippen molar-refractivity contribution >= 4 is 29.0 Å². The maximum absolute atomic E-state index is 12.6. The van der Waals surface area contributed by atoms with Crippen molar-refractivity contribution in [3.05, 3.63) is 18.2 Å². The van der Waals surface area contributed by atoms with Gasteiger partial charge in [-0.25, -0.2) is 0 Å². The number of anilines is 2. The fourth-order valence-corrected chi connectivity index (χ4v) is 3.58. The van der Waals surface area contributed by atoms with Gasteiger partial charge < -0.3 is 15.5 Å². The van der Waals surface area contributed by atoms with Crippen molar-refractivity contribution in [3.8, 4) is 0 Å². The first kappa shape index (κ1) is 15.2. The van der Waals surface area contributed by atoms with Crippen LogP contribution in [0.5, 0.6) is 0 Å². The smallest absolute Gasteiger partial charge is 0.243 e. The van der Waals surface area contributed by atoms with E-state index in [1.54, 1.807) is 11.8 Å². The van der Waals surface area contributed by atoms with Crippen LogP contribution in [-0.2, 0) is 4.79 Å². The quantitative estimate of drug-likeness (QED) is 0.866. The Morgan fingerprint density at radius 2 is 2.05 bits per heavy atom. The van der Waals surface area contributed by atoms with E-state index >= 15 is 0 Å². The fraction of sp³-hybridized carbons (Fsp3) is 0.533. The molecule has 2 rings (SSSR count). The second-order valence-electron chi connectivity index (χ2n) is 5.95. The molecule has 2 N–H and O–H groups in total. The molecule has 5 heteroatoms. The van der Waals surface area contributed by atoms with Crippen LogP contribution in [0.25, 0.3) is 0 Å². The second-order valence-corrected chi connectivity index (χ2v) is 7.62. The van der Waals surface area contributed by atoms with E-state index in [1.807, 2.05) is 51.0 Å². The number of hydrogen-bond donors (Lipinski definition) is 1. The Morgan fingerprint density at radius 1 is 1.35 bits per heavy atom. The maximum Gasteiger partial charge on any atom is 0.243 e. The van der Waals surface area contributed by atoms with Crippen molar-refractivity contribution in [1.82, 2.24) is 4.90 Å². The molecule has 1 aliphatic rings. The monoisotopic (exact) mass is 293 g/mol. The average molecular weight is 293 g/mol. The first-order chi connectivity index (χ1) is 9.31. The molecule has 0 saturated carbocycles. The van der Waals surface area contributed by atoms with Crippen molar-refractivity contribution in [3.63, 3.8) is 0 Å². The Morgan fingerprint density at radius 3 is 2.70 bits per heavy atom. The molecule has 0 atom stereocenters. The lowest BCUT2D eigenvalue weighted by molar-refractivity contribution is -0.120. The van der Waals surface area contributed by atoms with E-state index in [2.05, 4.69) is 4.90 Å². The third-order valence-electron chi connectivity index (χ3n) is 3.39. The lowest BCUT2D eigenvalue weighted by Gasteiger charge is -2.38. The van der Waals surface area contributed by atoms with Crippen LogP contribution in [0.15, 0.2) is 23.1 Å². The molecule has 4 nitrogen and oxygen atoms in total. The van der Waals surface area contributed by atoms with Gasteiger partial charge in [0.1, 0.15) is 0 Å². The Balaban J connectivity index is 2.27. The Labute approximate surface area is 125 Å². The predicted molar refractivity (Wildman–Crippen MR) is 86.3 cm³/mol. The van der Waals surface area contributed by atoms with Gasteiger partial charge in [0.05, 0.1) is 10.4 Å². The van der Waals surface area contributed by atoms with Gasteiger partial charge >= 0.3 is 0 Å². The van der Waals surface area contributed by atoms with Crippen LogP contribution in [0, 0.1) is 0 Å². The molecule has 1 aliphatic heterocycles. The molecular formula is C15H23N3OS. The number of nitrogens with zero attached hydrogens (tertiary/aromatic N) is 2. The van der Waals surface area contributed by atoms with Gasteiger partial charge in [0.25, 0.3) is 0 Å². The van der Waals surface area contributed by atoms with Gasteiger partial charge in [-0.2, -0.15) is 0 Å². The Hall–Kier alpha value is -1.20. The highest BCUT2D eigenvalue weighted by Gasteiger charge is 2.39. The van der Waals surface area contributed by atoms with Gasteiger partial charge in [-0.1, -0.05) is 0 Å². The summed E-state index contributed by atoms with van der Waals surface area (Å²) in [6.07, 6.45) is 0.962. The van der Waals surface area contributed by atoms with E-state index in [9.17, 15) is 4.79 Å². The second kappa shape index (κ2) is 5.66. The number of nitrogen functional groups attached to an aromatic ring is 1. The minimum atomic E-state index is -0.432. The van der Waals surface area contributed by atoms with Crippen LogP contribution in [0.4, 0.5) is 11.4 Å². The van der Waals surface area contributed by atoms with Crippen LogP contribution >= 0.6 is 11.8 Å². The van der Waals surface area contributed by atoms with Gasteiger partial charge in [-0.05, 0) is 59.1 Å². The normalized spacial score (nSPS) is 17.4. The fourth-order valence-electron chi connectivity index (χ4n) is 2.36. The van der Waals surface area contributed by atoms with Crippen molar-refractivity contribution in [1.29, 1.82) is 0 Å². The van der Waals surface area contributed by atoms with E-state index in [1.165, 1.54) is 0 Å². The number of thioether (sulfide) groups is 1. The number of rotatable bonds is 4. The summed E-state index contributed by atoms with van der Waals surface area (Å²) < 4.78 is -0.432. The van der Waals surface area contributed by atoms with E-state index in [-0.39, 0.29) is 5.91 Å². The third-order valence-corrected chi connectivity index (χ3v) is 4.62. The van der Waals surface area contributed by atoms with Gasteiger partial charge in [0.15, 0.2) is 0 Å². The zero-order valence-corrected chi connectivity index (χ0v) is 13.5. The summed E-state index contributed by atoms with van der Waals surface area (Å²) in [7, 11) is 4.10. The molecule has 1 heterocycles. The van der Waals surface area contributed by atoms with Crippen molar-refractivity contribution < 1.29 is 4.79 Å². The molecule has 0 spiro atoms. The number of amides is 1. The number of carbonyl (C=O) groups excluding carboxylic acids is 1. The highest BCUT2D eigenvalue weighted by molar-refractivity contribution is 8.01. The van der Waals surface area contributed by atoms with Crippen LogP contribution in [0.2, 0.25) is 0 Å². The minimum absolute atomic E-state index is 0.179. The molecule has 0 aromatic heterocycles. The van der Waals surface area contributed by atoms with Gasteiger partial charge in [-0.3, -0.25) is 4.79 Å². The standard InChI is InChI=1S/C15H23N3OS/c1-15(2)14(19)18(9-5-8-17(3)4)12-7-6-11(16)10-13(12)20-15/h6-7,10H,5,8-9,16H2,1-4H3. The molecule has 0 bridgehead atoms. The van der Waals surface area contributed by atoms with Gasteiger partial charge in [-0.15, -0.1) is 11.8 Å². The summed E-state index contributed by atoms with van der Waals surface area (Å²) in [6.45, 7) is 5.68. The minimum Gasteiger partial charge on any atom is -0.399 e. The van der Waals surface area contributed by atoms with E-state index in [4.69, 9.17) is 5.73 Å².